The van der Waals surface area contributed by atoms with Crippen molar-refractivity contribution in [2.75, 3.05) is 0 Å². The van der Waals surface area contributed by atoms with Crippen molar-refractivity contribution in [3.8, 4) is 0 Å². The Morgan fingerprint density at radius 3 is 2.08 bits per heavy atom. The molecule has 0 bridgehead atoms. The molecular weight excluding hydrogens is 220 g/mol. The lowest BCUT2D eigenvalue weighted by atomic mass is 10.2. The molecule has 0 atom stereocenters. The van der Waals surface area contributed by atoms with Gasteiger partial charge in [-0.15, -0.1) is 0 Å². The average Bonchev–Trinajstić information content (AvgIpc) is 1.96. The highest BCUT2D eigenvalue weighted by Gasteiger charge is 2.04. The van der Waals surface area contributed by atoms with Crippen molar-refractivity contribution in [3.05, 3.63) is 32.8 Å². The number of hydrogen-bond donors (Lipinski definition) is 1. The number of hydrogen-bond acceptors (Lipinski definition) is 2. The number of halogens is 3. The van der Waals surface area contributed by atoms with Gasteiger partial charge in [0, 0.05) is 10.6 Å². The van der Waals surface area contributed by atoms with Crippen molar-refractivity contribution >= 4 is 41.0 Å². The molecule has 0 radical (unpaired) electrons. The fraction of sp³-hybridized carbons (Fsp3) is 0. The van der Waals surface area contributed by atoms with Crippen molar-refractivity contribution < 1.29 is 5.21 Å². The van der Waals surface area contributed by atoms with Gasteiger partial charge in [-0.3, -0.25) is 0 Å². The molecule has 1 aromatic rings. The van der Waals surface area contributed by atoms with Crippen molar-refractivity contribution in [1.29, 1.82) is 0 Å². The van der Waals surface area contributed by atoms with Crippen LogP contribution in [0.4, 0.5) is 0 Å². The van der Waals surface area contributed by atoms with Gasteiger partial charge in [-0.2, -0.15) is 0 Å². The summed E-state index contributed by atoms with van der Waals surface area (Å²) in [6.07, 6.45) is 1.15. The Morgan fingerprint density at radius 2 is 1.67 bits per heavy atom. The number of rotatable bonds is 1. The molecule has 0 fully saturated rings. The minimum atomic E-state index is 0.352. The molecule has 12 heavy (non-hydrogen) atoms. The van der Waals surface area contributed by atoms with Crippen LogP contribution < -0.4 is 0 Å². The van der Waals surface area contributed by atoms with Crippen LogP contribution >= 0.6 is 34.8 Å². The van der Waals surface area contributed by atoms with Gasteiger partial charge in [-0.1, -0.05) is 40.0 Å². The van der Waals surface area contributed by atoms with Crippen molar-refractivity contribution in [3.63, 3.8) is 0 Å². The van der Waals surface area contributed by atoms with Crippen LogP contribution in [0.25, 0.3) is 0 Å². The van der Waals surface area contributed by atoms with Gasteiger partial charge in [-0.25, -0.2) is 0 Å². The van der Waals surface area contributed by atoms with E-state index in [-0.39, 0.29) is 0 Å². The first-order chi connectivity index (χ1) is 5.65. The number of benzene rings is 1. The minimum absolute atomic E-state index is 0.352. The van der Waals surface area contributed by atoms with E-state index >= 15 is 0 Å². The van der Waals surface area contributed by atoms with Crippen LogP contribution in [0.1, 0.15) is 5.56 Å². The molecule has 0 aliphatic rings. The predicted molar refractivity (Wildman–Crippen MR) is 50.9 cm³/mol. The standard InChI is InChI=1S/C7H4Cl3NO/c8-4-1-6(9)5(3-11-12)7(10)2-4/h1-3,12H. The van der Waals surface area contributed by atoms with Gasteiger partial charge in [0.25, 0.3) is 0 Å². The quantitative estimate of drug-likeness (QED) is 0.442. The Kier molecular flexibility index (Phi) is 3.20. The molecule has 0 saturated carbocycles. The van der Waals surface area contributed by atoms with E-state index in [9.17, 15) is 0 Å². The molecule has 0 heterocycles. The molecule has 1 N–H and O–H groups in total. The minimum Gasteiger partial charge on any atom is -0.411 e. The summed E-state index contributed by atoms with van der Waals surface area (Å²) >= 11 is 17.1. The average molecular weight is 224 g/mol. The summed E-state index contributed by atoms with van der Waals surface area (Å²) in [5.41, 5.74) is 0.449. The molecule has 0 amide bonds. The fourth-order valence-corrected chi connectivity index (χ4v) is 1.65. The van der Waals surface area contributed by atoms with E-state index in [0.29, 0.717) is 20.6 Å². The summed E-state index contributed by atoms with van der Waals surface area (Å²) in [4.78, 5) is 0. The van der Waals surface area contributed by atoms with Gasteiger partial charge < -0.3 is 5.21 Å². The fourth-order valence-electron chi connectivity index (χ4n) is 0.734. The first kappa shape index (κ1) is 9.65. The predicted octanol–water partition coefficient (Wildman–Crippen LogP) is 3.45. The molecular formula is C7H4Cl3NO. The topological polar surface area (TPSA) is 32.6 Å². The van der Waals surface area contributed by atoms with E-state index in [4.69, 9.17) is 40.0 Å². The molecule has 5 heteroatoms. The van der Waals surface area contributed by atoms with E-state index in [1.807, 2.05) is 0 Å². The second-order valence-corrected chi connectivity index (χ2v) is 3.28. The second-order valence-electron chi connectivity index (χ2n) is 2.03. The van der Waals surface area contributed by atoms with Gasteiger partial charge in [0.2, 0.25) is 0 Å². The lowest BCUT2D eigenvalue weighted by Gasteiger charge is -2.00. The third-order valence-corrected chi connectivity index (χ3v) is 2.07. The maximum absolute atomic E-state index is 8.26. The van der Waals surface area contributed by atoms with Gasteiger partial charge in [0.1, 0.15) is 0 Å². The molecule has 1 rings (SSSR count). The van der Waals surface area contributed by atoms with Crippen molar-refractivity contribution in [1.82, 2.24) is 0 Å². The first-order valence-electron chi connectivity index (χ1n) is 2.97. The third kappa shape index (κ3) is 2.03. The van der Waals surface area contributed by atoms with Crippen LogP contribution in [-0.4, -0.2) is 11.4 Å². The normalized spacial score (nSPS) is 10.9. The summed E-state index contributed by atoms with van der Waals surface area (Å²) in [7, 11) is 0. The molecule has 1 aromatic carbocycles. The molecule has 0 spiro atoms. The summed E-state index contributed by atoms with van der Waals surface area (Å²) in [6.45, 7) is 0. The van der Waals surface area contributed by atoms with Crippen molar-refractivity contribution in [2.45, 2.75) is 0 Å². The maximum atomic E-state index is 8.26. The van der Waals surface area contributed by atoms with E-state index in [1.54, 1.807) is 0 Å². The van der Waals surface area contributed by atoms with Crippen molar-refractivity contribution in [2.24, 2.45) is 5.16 Å². The Balaban J connectivity index is 3.28. The zero-order valence-electron chi connectivity index (χ0n) is 5.76. The molecule has 64 valence electrons. The SMILES string of the molecule is ON=Cc1c(Cl)cc(Cl)cc1Cl. The van der Waals surface area contributed by atoms with Crippen LogP contribution in [0, 0.1) is 0 Å². The molecule has 0 saturated heterocycles. The zero-order valence-corrected chi connectivity index (χ0v) is 8.03. The molecule has 0 unspecified atom stereocenters. The molecule has 0 aliphatic carbocycles. The Labute approximate surface area is 84.3 Å². The highest BCUT2D eigenvalue weighted by Crippen LogP contribution is 2.27. The van der Waals surface area contributed by atoms with Gasteiger partial charge in [-0.05, 0) is 12.1 Å². The number of oxime groups is 1. The van der Waals surface area contributed by atoms with Crippen LogP contribution in [-0.2, 0) is 0 Å². The Hall–Kier alpha value is -0.440. The lowest BCUT2D eigenvalue weighted by molar-refractivity contribution is 0.322. The smallest absolute Gasteiger partial charge is 0.0763 e. The van der Waals surface area contributed by atoms with E-state index in [1.165, 1.54) is 12.1 Å². The van der Waals surface area contributed by atoms with Crippen LogP contribution in [0.3, 0.4) is 0 Å². The molecule has 0 aromatic heterocycles. The largest absolute Gasteiger partial charge is 0.411 e. The summed E-state index contributed by atoms with van der Waals surface area (Å²) in [5.74, 6) is 0. The first-order valence-corrected chi connectivity index (χ1v) is 4.10. The van der Waals surface area contributed by atoms with E-state index < -0.39 is 0 Å². The van der Waals surface area contributed by atoms with Crippen LogP contribution in [0.5, 0.6) is 0 Å². The van der Waals surface area contributed by atoms with Crippen LogP contribution in [0.2, 0.25) is 15.1 Å². The maximum Gasteiger partial charge on any atom is 0.0763 e. The highest BCUT2D eigenvalue weighted by molar-refractivity contribution is 6.41. The number of nitrogens with zero attached hydrogens (tertiary/aromatic N) is 1. The van der Waals surface area contributed by atoms with E-state index in [2.05, 4.69) is 5.16 Å². The monoisotopic (exact) mass is 223 g/mol. The second kappa shape index (κ2) is 3.99. The Bertz CT molecular complexity index is 301. The van der Waals surface area contributed by atoms with E-state index in [0.717, 1.165) is 6.21 Å². The molecule has 0 aliphatic heterocycles. The van der Waals surface area contributed by atoms with Gasteiger partial charge in [0.15, 0.2) is 0 Å². The molecule has 2 nitrogen and oxygen atoms in total. The van der Waals surface area contributed by atoms with Gasteiger partial charge in [0.05, 0.1) is 16.3 Å². The third-order valence-electron chi connectivity index (χ3n) is 1.23. The lowest BCUT2D eigenvalue weighted by Crippen LogP contribution is -1.85. The Morgan fingerprint density at radius 1 is 1.17 bits per heavy atom. The van der Waals surface area contributed by atoms with Crippen LogP contribution in [0.15, 0.2) is 17.3 Å². The zero-order chi connectivity index (χ0) is 9.14. The highest BCUT2D eigenvalue weighted by atomic mass is 35.5. The summed E-state index contributed by atoms with van der Waals surface area (Å²) in [5, 5.41) is 12.2. The van der Waals surface area contributed by atoms with Gasteiger partial charge >= 0.3 is 0 Å². The summed E-state index contributed by atoms with van der Waals surface area (Å²) in [6, 6.07) is 3.04. The summed E-state index contributed by atoms with van der Waals surface area (Å²) < 4.78 is 0.